The van der Waals surface area contributed by atoms with Gasteiger partial charge >= 0.3 is 0 Å². The molecule has 0 saturated carbocycles. The van der Waals surface area contributed by atoms with Crippen molar-refractivity contribution < 1.29 is 18.3 Å². The van der Waals surface area contributed by atoms with Crippen LogP contribution in [0.4, 0.5) is 8.78 Å². The van der Waals surface area contributed by atoms with Crippen LogP contribution in [-0.4, -0.2) is 6.61 Å². The van der Waals surface area contributed by atoms with Gasteiger partial charge < -0.3 is 9.47 Å². The maximum atomic E-state index is 14.1. The Morgan fingerprint density at radius 3 is 2.40 bits per heavy atom. The third-order valence-electron chi connectivity index (χ3n) is 4.26. The maximum Gasteiger partial charge on any atom is 0.180 e. The predicted molar refractivity (Wildman–Crippen MR) is 113 cm³/mol. The molecule has 0 aliphatic carbocycles. The second kappa shape index (κ2) is 9.91. The van der Waals surface area contributed by atoms with Gasteiger partial charge in [-0.15, -0.1) is 0 Å². The molecule has 3 aromatic rings. The lowest BCUT2D eigenvalue weighted by Gasteiger charge is -2.15. The Bertz CT molecular complexity index is 1120. The molecule has 0 fully saturated rings. The van der Waals surface area contributed by atoms with Gasteiger partial charge in [-0.3, -0.25) is 0 Å². The number of rotatable bonds is 7. The molecule has 0 aromatic heterocycles. The summed E-state index contributed by atoms with van der Waals surface area (Å²) >= 11 is 6.40. The minimum absolute atomic E-state index is 0.0275. The molecule has 0 N–H and O–H groups in total. The Kier molecular flexibility index (Phi) is 7.05. The quantitative estimate of drug-likeness (QED) is 0.314. The second-order valence-electron chi connectivity index (χ2n) is 6.29. The van der Waals surface area contributed by atoms with Crippen LogP contribution in [0, 0.1) is 23.0 Å². The zero-order chi connectivity index (χ0) is 21.5. The van der Waals surface area contributed by atoms with Crippen LogP contribution in [0.5, 0.6) is 11.5 Å². The van der Waals surface area contributed by atoms with Crippen molar-refractivity contribution in [2.75, 3.05) is 6.61 Å². The summed E-state index contributed by atoms with van der Waals surface area (Å²) in [6.07, 6.45) is 1.52. The molecule has 3 aromatic carbocycles. The Morgan fingerprint density at radius 2 is 1.73 bits per heavy atom. The molecule has 0 spiro atoms. The van der Waals surface area contributed by atoms with Crippen molar-refractivity contribution in [2.45, 2.75) is 13.5 Å². The van der Waals surface area contributed by atoms with E-state index < -0.39 is 5.82 Å². The molecule has 3 nitrogen and oxygen atoms in total. The van der Waals surface area contributed by atoms with Crippen LogP contribution in [0.3, 0.4) is 0 Å². The normalized spacial score (nSPS) is 11.1. The average Bonchev–Trinajstić information content (AvgIpc) is 2.73. The van der Waals surface area contributed by atoms with E-state index in [-0.39, 0.29) is 34.3 Å². The number of halogens is 3. The smallest absolute Gasteiger partial charge is 0.180 e. The van der Waals surface area contributed by atoms with E-state index in [0.717, 1.165) is 0 Å². The Morgan fingerprint density at radius 1 is 1.03 bits per heavy atom. The summed E-state index contributed by atoms with van der Waals surface area (Å²) in [5, 5.41) is 9.72. The summed E-state index contributed by atoms with van der Waals surface area (Å²) in [5.41, 5.74) is 1.26. The highest BCUT2D eigenvalue weighted by atomic mass is 35.5. The first kappa shape index (κ1) is 21.4. The number of ether oxygens (including phenoxy) is 2. The molecular formula is C24H18ClF2NO2. The van der Waals surface area contributed by atoms with E-state index in [1.165, 1.54) is 24.3 Å². The molecule has 30 heavy (non-hydrogen) atoms. The third kappa shape index (κ3) is 4.97. The van der Waals surface area contributed by atoms with Gasteiger partial charge in [-0.2, -0.15) is 5.26 Å². The average molecular weight is 426 g/mol. The van der Waals surface area contributed by atoms with E-state index in [0.29, 0.717) is 23.5 Å². The van der Waals surface area contributed by atoms with E-state index in [1.807, 2.05) is 6.07 Å². The Balaban J connectivity index is 1.95. The number of nitriles is 1. The zero-order valence-electron chi connectivity index (χ0n) is 16.2. The number of benzene rings is 3. The van der Waals surface area contributed by atoms with Crippen LogP contribution in [0.2, 0.25) is 5.02 Å². The Hall–Kier alpha value is -3.36. The first-order valence-electron chi connectivity index (χ1n) is 9.22. The molecule has 0 aliphatic rings. The van der Waals surface area contributed by atoms with E-state index >= 15 is 0 Å². The van der Waals surface area contributed by atoms with Gasteiger partial charge in [0.15, 0.2) is 11.5 Å². The molecule has 0 bridgehead atoms. The van der Waals surface area contributed by atoms with Crippen molar-refractivity contribution in [1.82, 2.24) is 0 Å². The SMILES string of the molecule is CCOc1cc(C=C(C#N)c2ccccc2F)cc(Cl)c1OCc1ccccc1F. The largest absolute Gasteiger partial charge is 0.490 e. The predicted octanol–water partition coefficient (Wildman–Crippen LogP) is 6.66. The number of allylic oxidation sites excluding steroid dienone is 1. The van der Waals surface area contributed by atoms with E-state index in [4.69, 9.17) is 21.1 Å². The molecule has 0 atom stereocenters. The highest BCUT2D eigenvalue weighted by Gasteiger charge is 2.15. The number of hydrogen-bond acceptors (Lipinski definition) is 3. The summed E-state index contributed by atoms with van der Waals surface area (Å²) in [6, 6.07) is 17.5. The van der Waals surface area contributed by atoms with E-state index in [9.17, 15) is 14.0 Å². The fourth-order valence-corrected chi connectivity index (χ4v) is 3.13. The summed E-state index contributed by atoms with van der Waals surface area (Å²) in [4.78, 5) is 0. The molecule has 0 radical (unpaired) electrons. The summed E-state index contributed by atoms with van der Waals surface area (Å²) in [5.74, 6) is -0.261. The first-order chi connectivity index (χ1) is 14.5. The highest BCUT2D eigenvalue weighted by Crippen LogP contribution is 2.38. The fraction of sp³-hybridized carbons (Fsp3) is 0.125. The fourth-order valence-electron chi connectivity index (χ4n) is 2.86. The van der Waals surface area contributed by atoms with E-state index in [1.54, 1.807) is 49.4 Å². The lowest BCUT2D eigenvalue weighted by molar-refractivity contribution is 0.266. The molecule has 0 aliphatic heterocycles. The molecule has 0 unspecified atom stereocenters. The van der Waals surface area contributed by atoms with Crippen molar-refractivity contribution in [1.29, 1.82) is 5.26 Å². The molecule has 0 amide bonds. The van der Waals surface area contributed by atoms with Gasteiger partial charge in [-0.25, -0.2) is 8.78 Å². The molecule has 152 valence electrons. The van der Waals surface area contributed by atoms with Gasteiger partial charge in [0.1, 0.15) is 18.2 Å². The highest BCUT2D eigenvalue weighted by molar-refractivity contribution is 6.32. The lowest BCUT2D eigenvalue weighted by Crippen LogP contribution is -2.02. The number of hydrogen-bond donors (Lipinski definition) is 0. The van der Waals surface area contributed by atoms with E-state index in [2.05, 4.69) is 0 Å². The van der Waals surface area contributed by atoms with Gasteiger partial charge in [-0.05, 0) is 42.8 Å². The van der Waals surface area contributed by atoms with Crippen molar-refractivity contribution in [3.05, 3.63) is 94.0 Å². The van der Waals surface area contributed by atoms with Crippen LogP contribution >= 0.6 is 11.6 Å². The van der Waals surface area contributed by atoms with Gasteiger partial charge in [0.05, 0.1) is 23.3 Å². The van der Waals surface area contributed by atoms with Crippen molar-refractivity contribution in [2.24, 2.45) is 0 Å². The first-order valence-corrected chi connectivity index (χ1v) is 9.60. The minimum atomic E-state index is -0.494. The van der Waals surface area contributed by atoms with Gasteiger partial charge in [-0.1, -0.05) is 48.0 Å². The van der Waals surface area contributed by atoms with Crippen molar-refractivity contribution >= 4 is 23.3 Å². The Labute approximate surface area is 178 Å². The molecule has 0 heterocycles. The molecule has 0 saturated heterocycles. The van der Waals surface area contributed by atoms with Gasteiger partial charge in [0, 0.05) is 11.1 Å². The monoisotopic (exact) mass is 425 g/mol. The van der Waals surface area contributed by atoms with Crippen LogP contribution in [0.1, 0.15) is 23.6 Å². The van der Waals surface area contributed by atoms with Crippen LogP contribution in [-0.2, 0) is 6.61 Å². The van der Waals surface area contributed by atoms with Crippen LogP contribution < -0.4 is 9.47 Å². The van der Waals surface area contributed by atoms with Gasteiger partial charge in [0.25, 0.3) is 0 Å². The summed E-state index contributed by atoms with van der Waals surface area (Å²) in [6.45, 7) is 2.12. The maximum absolute atomic E-state index is 14.1. The molecule has 6 heteroatoms. The molecular weight excluding hydrogens is 408 g/mol. The summed E-state index contributed by atoms with van der Waals surface area (Å²) < 4.78 is 39.3. The van der Waals surface area contributed by atoms with Crippen molar-refractivity contribution in [3.8, 4) is 17.6 Å². The lowest BCUT2D eigenvalue weighted by atomic mass is 10.0. The number of nitrogens with zero attached hydrogens (tertiary/aromatic N) is 1. The second-order valence-corrected chi connectivity index (χ2v) is 6.70. The van der Waals surface area contributed by atoms with Crippen LogP contribution in [0.25, 0.3) is 11.6 Å². The molecule has 3 rings (SSSR count). The summed E-state index contributed by atoms with van der Waals surface area (Å²) in [7, 11) is 0. The zero-order valence-corrected chi connectivity index (χ0v) is 16.9. The van der Waals surface area contributed by atoms with Crippen LogP contribution in [0.15, 0.2) is 60.7 Å². The third-order valence-corrected chi connectivity index (χ3v) is 4.54. The standard InChI is InChI=1S/C24H18ClF2NO2/c1-2-29-23-13-16(11-18(14-28)19-8-4-6-10-22(19)27)12-20(25)24(23)30-15-17-7-3-5-9-21(17)26/h3-13H,2,15H2,1H3. The van der Waals surface area contributed by atoms with Gasteiger partial charge in [0.2, 0.25) is 0 Å². The van der Waals surface area contributed by atoms with Crippen molar-refractivity contribution in [3.63, 3.8) is 0 Å². The topological polar surface area (TPSA) is 42.2 Å². The minimum Gasteiger partial charge on any atom is -0.490 e.